The molecular formula is C35H43Cl2FN2O5Si. The van der Waals surface area contributed by atoms with Gasteiger partial charge in [-0.2, -0.15) is 0 Å². The van der Waals surface area contributed by atoms with Gasteiger partial charge in [0.25, 0.3) is 0 Å². The van der Waals surface area contributed by atoms with Crippen LogP contribution in [0.3, 0.4) is 0 Å². The molecule has 5 rings (SSSR count). The van der Waals surface area contributed by atoms with E-state index in [1.165, 1.54) is 11.0 Å². The monoisotopic (exact) mass is 688 g/mol. The third-order valence-corrected chi connectivity index (χ3v) is 14.6. The number of anilines is 2. The second-order valence-electron chi connectivity index (χ2n) is 13.8. The average Bonchev–Trinajstić information content (AvgIpc) is 2.99. The molecule has 0 unspecified atom stereocenters. The molecular weight excluding hydrogens is 646 g/mol. The molecule has 7 nitrogen and oxygen atoms in total. The maximum absolute atomic E-state index is 15.4. The van der Waals surface area contributed by atoms with Gasteiger partial charge in [-0.1, -0.05) is 56.1 Å². The maximum Gasteiger partial charge on any atom is 0.227 e. The van der Waals surface area contributed by atoms with Gasteiger partial charge in [0.05, 0.1) is 36.2 Å². The number of amides is 1. The summed E-state index contributed by atoms with van der Waals surface area (Å²) in [5.74, 6) is 0.502. The highest BCUT2D eigenvalue weighted by molar-refractivity contribution is 6.74. The molecule has 0 saturated carbocycles. The number of piperidine rings is 1. The first-order valence-corrected chi connectivity index (χ1v) is 19.3. The van der Waals surface area contributed by atoms with Gasteiger partial charge < -0.3 is 28.8 Å². The van der Waals surface area contributed by atoms with Crippen LogP contribution in [-0.2, 0) is 22.2 Å². The van der Waals surface area contributed by atoms with Crippen molar-refractivity contribution in [1.29, 1.82) is 0 Å². The predicted octanol–water partition coefficient (Wildman–Crippen LogP) is 8.03. The van der Waals surface area contributed by atoms with E-state index in [0.717, 1.165) is 11.3 Å². The van der Waals surface area contributed by atoms with Crippen molar-refractivity contribution in [2.24, 2.45) is 0 Å². The summed E-state index contributed by atoms with van der Waals surface area (Å²) in [6.45, 7) is 11.9. The summed E-state index contributed by atoms with van der Waals surface area (Å²) in [6, 6.07) is 15.7. The first kappa shape index (κ1) is 34.5. The molecule has 1 fully saturated rings. The number of methoxy groups -OCH3 is 1. The smallest absolute Gasteiger partial charge is 0.227 e. The average molecular weight is 690 g/mol. The van der Waals surface area contributed by atoms with Gasteiger partial charge in [-0.05, 0) is 79.0 Å². The number of hydrogen-bond acceptors (Lipinski definition) is 6. The van der Waals surface area contributed by atoms with Crippen LogP contribution in [0.4, 0.5) is 15.8 Å². The Labute approximate surface area is 282 Å². The maximum atomic E-state index is 15.4. The van der Waals surface area contributed by atoms with E-state index in [9.17, 15) is 9.90 Å². The Morgan fingerprint density at radius 3 is 2.43 bits per heavy atom. The van der Waals surface area contributed by atoms with Crippen LogP contribution in [0.5, 0.6) is 11.5 Å². The van der Waals surface area contributed by atoms with E-state index in [-0.39, 0.29) is 36.2 Å². The van der Waals surface area contributed by atoms with Gasteiger partial charge in [-0.15, -0.1) is 0 Å². The Morgan fingerprint density at radius 1 is 1.07 bits per heavy atom. The van der Waals surface area contributed by atoms with Gasteiger partial charge >= 0.3 is 0 Å². The van der Waals surface area contributed by atoms with Crippen LogP contribution in [0.25, 0.3) is 0 Å². The topological polar surface area (TPSA) is 71.5 Å². The minimum atomic E-state index is -2.33. The molecule has 1 amide bonds. The van der Waals surface area contributed by atoms with Gasteiger partial charge in [0.15, 0.2) is 8.32 Å². The van der Waals surface area contributed by atoms with Gasteiger partial charge in [0.2, 0.25) is 5.91 Å². The van der Waals surface area contributed by atoms with Gasteiger partial charge in [0.1, 0.15) is 29.5 Å². The molecule has 0 spiro atoms. The lowest BCUT2D eigenvalue weighted by Crippen LogP contribution is -2.63. The molecule has 0 aromatic heterocycles. The van der Waals surface area contributed by atoms with Crippen molar-refractivity contribution in [3.05, 3.63) is 81.6 Å². The van der Waals surface area contributed by atoms with E-state index in [4.69, 9.17) is 37.1 Å². The Morgan fingerprint density at radius 2 is 1.78 bits per heavy atom. The summed E-state index contributed by atoms with van der Waals surface area (Å²) in [7, 11) is -0.741. The van der Waals surface area contributed by atoms with Crippen molar-refractivity contribution >= 4 is 48.8 Å². The highest BCUT2D eigenvalue weighted by Crippen LogP contribution is 2.43. The molecule has 2 aliphatic heterocycles. The van der Waals surface area contributed by atoms with Crippen LogP contribution in [-0.4, -0.2) is 57.8 Å². The Bertz CT molecular complexity index is 1580. The largest absolute Gasteiger partial charge is 0.497 e. The van der Waals surface area contributed by atoms with Crippen molar-refractivity contribution in [3.63, 3.8) is 0 Å². The van der Waals surface area contributed by atoms with Gasteiger partial charge in [-0.25, -0.2) is 4.39 Å². The molecule has 1 N–H and O–H groups in total. The molecule has 2 atom stereocenters. The number of hydrogen-bond donors (Lipinski definition) is 1. The molecule has 46 heavy (non-hydrogen) atoms. The number of fused-ring (bicyclic) bond motifs is 1. The molecule has 11 heteroatoms. The number of rotatable bonds is 9. The Balaban J connectivity index is 1.41. The SMILES string of the molecule is COc1ccc(CN2C(=O)CCc3c(OC[C@]4(O)CCN(c5ccc(Cl)cc5Cl)C[C@H]4O[Si](C)(C)C(C)(C)C)ccc(F)c32)cc1. The normalized spacial score (nSPS) is 20.5. The van der Waals surface area contributed by atoms with Crippen molar-refractivity contribution in [2.45, 2.75) is 76.4 Å². The van der Waals surface area contributed by atoms with Crippen molar-refractivity contribution in [1.82, 2.24) is 0 Å². The van der Waals surface area contributed by atoms with Crippen molar-refractivity contribution in [3.8, 4) is 11.5 Å². The van der Waals surface area contributed by atoms with Crippen LogP contribution in [0, 0.1) is 5.82 Å². The highest BCUT2D eigenvalue weighted by Gasteiger charge is 2.49. The number of carbonyl (C=O) groups excluding carboxylic acids is 1. The molecule has 3 aromatic carbocycles. The zero-order valence-electron chi connectivity index (χ0n) is 27.3. The fraction of sp³-hybridized carbons (Fsp3) is 0.457. The van der Waals surface area contributed by atoms with Gasteiger partial charge in [0, 0.05) is 30.1 Å². The van der Waals surface area contributed by atoms with Crippen LogP contribution >= 0.6 is 23.2 Å². The number of nitrogens with zero attached hydrogens (tertiary/aromatic N) is 2. The first-order chi connectivity index (χ1) is 21.6. The zero-order valence-corrected chi connectivity index (χ0v) is 29.8. The Kier molecular flexibility index (Phi) is 10.0. The van der Waals surface area contributed by atoms with E-state index in [2.05, 4.69) is 38.8 Å². The second kappa shape index (κ2) is 13.4. The van der Waals surface area contributed by atoms with E-state index >= 15 is 4.39 Å². The van der Waals surface area contributed by atoms with Gasteiger partial charge in [-0.3, -0.25) is 4.79 Å². The van der Waals surface area contributed by atoms with Crippen LogP contribution < -0.4 is 19.3 Å². The van der Waals surface area contributed by atoms with Crippen molar-refractivity contribution in [2.75, 3.05) is 36.6 Å². The third kappa shape index (κ3) is 7.19. The molecule has 3 aromatic rings. The minimum Gasteiger partial charge on any atom is -0.497 e. The molecule has 2 aliphatic rings. The van der Waals surface area contributed by atoms with Crippen LogP contribution in [0.2, 0.25) is 28.2 Å². The quantitative estimate of drug-likeness (QED) is 0.230. The third-order valence-electron chi connectivity index (χ3n) is 9.62. The number of benzene rings is 3. The number of halogens is 3. The summed E-state index contributed by atoms with van der Waals surface area (Å²) in [4.78, 5) is 16.7. The second-order valence-corrected chi connectivity index (χ2v) is 19.4. The lowest BCUT2D eigenvalue weighted by Gasteiger charge is -2.49. The summed E-state index contributed by atoms with van der Waals surface area (Å²) in [6.07, 6.45) is 0.335. The fourth-order valence-corrected chi connectivity index (χ4v) is 7.67. The van der Waals surface area contributed by atoms with E-state index in [1.807, 2.05) is 30.3 Å². The highest BCUT2D eigenvalue weighted by atomic mass is 35.5. The summed E-state index contributed by atoms with van der Waals surface area (Å²) in [5.41, 5.74) is 1.17. The molecule has 1 saturated heterocycles. The van der Waals surface area contributed by atoms with E-state index in [1.54, 1.807) is 25.3 Å². The minimum absolute atomic E-state index is 0.0566. The molecule has 248 valence electrons. The number of aliphatic hydroxyl groups is 1. The van der Waals surface area contributed by atoms with E-state index < -0.39 is 25.8 Å². The molecule has 2 heterocycles. The lowest BCUT2D eigenvalue weighted by molar-refractivity contribution is -0.119. The summed E-state index contributed by atoms with van der Waals surface area (Å²) >= 11 is 12.8. The van der Waals surface area contributed by atoms with E-state index in [0.29, 0.717) is 53.0 Å². The summed E-state index contributed by atoms with van der Waals surface area (Å²) < 4.78 is 33.9. The molecule has 0 bridgehead atoms. The summed E-state index contributed by atoms with van der Waals surface area (Å²) in [5, 5.41) is 13.2. The fourth-order valence-electron chi connectivity index (χ4n) is 5.78. The first-order valence-electron chi connectivity index (χ1n) is 15.6. The van der Waals surface area contributed by atoms with Crippen LogP contribution in [0.15, 0.2) is 54.6 Å². The van der Waals surface area contributed by atoms with Crippen molar-refractivity contribution < 1.29 is 28.2 Å². The molecule has 0 radical (unpaired) electrons. The van der Waals surface area contributed by atoms with Crippen LogP contribution in [0.1, 0.15) is 44.7 Å². The lowest BCUT2D eigenvalue weighted by atomic mass is 9.89. The number of carbonyl (C=O) groups is 1. The number of ether oxygens (including phenoxy) is 2. The molecule has 0 aliphatic carbocycles. The predicted molar refractivity (Wildman–Crippen MR) is 185 cm³/mol. The standard InChI is InChI=1S/C35H43Cl2FN2O5Si/c1-34(2,3)46(5,6)45-31-21-39(29-14-9-24(36)19-27(29)37)18-17-35(31,42)22-44-30-15-13-28(38)33-26(30)12-16-32(41)40(33)20-23-7-10-25(43-4)11-8-23/h7-11,13-15,19,31,42H,12,16-18,20-22H2,1-6H3/t31-,35-/m1/s1. The Hall–Kier alpha value is -2.82. The zero-order chi connectivity index (χ0) is 33.4.